The van der Waals surface area contributed by atoms with Crippen LogP contribution in [0, 0.1) is 0 Å². The molecule has 1 aromatic carbocycles. The number of quaternary nitrogens is 1. The molecule has 4 N–H and O–H groups in total. The fourth-order valence-corrected chi connectivity index (χ4v) is 4.08. The van der Waals surface area contributed by atoms with E-state index in [4.69, 9.17) is 0 Å². The van der Waals surface area contributed by atoms with Crippen LogP contribution in [0.5, 0.6) is 5.88 Å². The molecule has 1 aliphatic heterocycles. The quantitative estimate of drug-likeness (QED) is 0.636. The zero-order valence-electron chi connectivity index (χ0n) is 15.0. The first-order chi connectivity index (χ1) is 12.6. The number of hydrogen-bond acceptors (Lipinski definition) is 3. The number of aromatic hydroxyl groups is 1. The van der Waals surface area contributed by atoms with Gasteiger partial charge in [0.2, 0.25) is 5.88 Å². The molecule has 1 atom stereocenters. The largest absolute Gasteiger partial charge is 0.494 e. The molecule has 0 spiro atoms. The molecule has 1 aliphatic rings. The number of aromatic nitrogens is 3. The van der Waals surface area contributed by atoms with Crippen molar-refractivity contribution in [2.45, 2.75) is 39.4 Å². The number of fused-ring (bicyclic) bond motifs is 3. The standard InChI is InChI=1S/C19H22N4O3/c1-3-22-17(24)14(18(25)23(4-2)19(22)26)16-15-12(9-10-20-16)11-7-5-6-8-13(11)21-15/h5-8,16,20-21,24H,3-4,9-10H2,1-2H3/p+1/t16-/m0/s1. The first-order valence-electron chi connectivity index (χ1n) is 9.07. The van der Waals surface area contributed by atoms with Crippen LogP contribution in [0.4, 0.5) is 0 Å². The highest BCUT2D eigenvalue weighted by Gasteiger charge is 2.34. The molecule has 0 fully saturated rings. The number of hydrogen-bond donors (Lipinski definition) is 3. The Morgan fingerprint density at radius 3 is 2.65 bits per heavy atom. The average molecular weight is 355 g/mol. The maximum atomic E-state index is 13.0. The minimum Gasteiger partial charge on any atom is -0.494 e. The number of nitrogens with zero attached hydrogens (tertiary/aromatic N) is 2. The van der Waals surface area contributed by atoms with Crippen molar-refractivity contribution < 1.29 is 10.4 Å². The summed E-state index contributed by atoms with van der Waals surface area (Å²) in [6, 6.07) is 7.71. The summed E-state index contributed by atoms with van der Waals surface area (Å²) in [7, 11) is 0. The van der Waals surface area contributed by atoms with Crippen molar-refractivity contribution in [3.63, 3.8) is 0 Å². The average Bonchev–Trinajstić information content (AvgIpc) is 3.02. The van der Waals surface area contributed by atoms with Crippen LogP contribution in [0.2, 0.25) is 0 Å². The minimum absolute atomic E-state index is 0.222. The highest BCUT2D eigenvalue weighted by atomic mass is 16.3. The Bertz CT molecular complexity index is 1110. The van der Waals surface area contributed by atoms with Gasteiger partial charge in [-0.1, -0.05) is 18.2 Å². The predicted octanol–water partition coefficient (Wildman–Crippen LogP) is 0.446. The van der Waals surface area contributed by atoms with E-state index in [1.165, 1.54) is 14.7 Å². The van der Waals surface area contributed by atoms with Crippen LogP contribution in [-0.2, 0) is 19.5 Å². The lowest BCUT2D eigenvalue weighted by Crippen LogP contribution is -2.88. The number of rotatable bonds is 3. The van der Waals surface area contributed by atoms with Crippen LogP contribution in [0.25, 0.3) is 10.9 Å². The summed E-state index contributed by atoms with van der Waals surface area (Å²) in [6.45, 7) is 4.95. The van der Waals surface area contributed by atoms with Gasteiger partial charge >= 0.3 is 5.69 Å². The van der Waals surface area contributed by atoms with E-state index >= 15 is 0 Å². The molecule has 0 bridgehead atoms. The summed E-state index contributed by atoms with van der Waals surface area (Å²) >= 11 is 0. The minimum atomic E-state index is -0.464. The molecular formula is C19H23N4O3+. The van der Waals surface area contributed by atoms with Gasteiger partial charge in [-0.3, -0.25) is 13.9 Å². The number of aromatic amines is 1. The summed E-state index contributed by atoms with van der Waals surface area (Å²) in [6.07, 6.45) is 0.895. The van der Waals surface area contributed by atoms with Crippen molar-refractivity contribution in [2.24, 2.45) is 0 Å². The molecular weight excluding hydrogens is 332 g/mol. The first-order valence-corrected chi connectivity index (χ1v) is 9.07. The number of H-pyrrole nitrogens is 1. The molecule has 0 unspecified atom stereocenters. The summed E-state index contributed by atoms with van der Waals surface area (Å²) in [4.78, 5) is 28.9. The van der Waals surface area contributed by atoms with Crippen LogP contribution in [0.3, 0.4) is 0 Å². The van der Waals surface area contributed by atoms with Gasteiger partial charge in [-0.05, 0) is 25.5 Å². The fourth-order valence-electron chi connectivity index (χ4n) is 4.08. The molecule has 2 aromatic heterocycles. The number of benzene rings is 1. The fraction of sp³-hybridized carbons (Fsp3) is 0.368. The zero-order chi connectivity index (χ0) is 18.4. The van der Waals surface area contributed by atoms with E-state index < -0.39 is 11.2 Å². The second kappa shape index (κ2) is 6.17. The van der Waals surface area contributed by atoms with Crippen LogP contribution in [0.15, 0.2) is 33.9 Å². The topological polar surface area (TPSA) is 96.6 Å². The van der Waals surface area contributed by atoms with E-state index in [2.05, 4.69) is 16.4 Å². The lowest BCUT2D eigenvalue weighted by atomic mass is 9.95. The number of nitrogens with one attached hydrogen (secondary N) is 1. The Morgan fingerprint density at radius 2 is 1.92 bits per heavy atom. The molecule has 4 rings (SSSR count). The summed E-state index contributed by atoms with van der Waals surface area (Å²) < 4.78 is 2.47. The van der Waals surface area contributed by atoms with Gasteiger partial charge in [0.25, 0.3) is 5.56 Å². The Labute approximate surface area is 149 Å². The molecule has 136 valence electrons. The normalized spacial score (nSPS) is 16.8. The predicted molar refractivity (Wildman–Crippen MR) is 98.6 cm³/mol. The lowest BCUT2D eigenvalue weighted by molar-refractivity contribution is -0.690. The van der Waals surface area contributed by atoms with Crippen molar-refractivity contribution in [1.29, 1.82) is 0 Å². The van der Waals surface area contributed by atoms with Crippen LogP contribution in [-0.4, -0.2) is 25.8 Å². The summed E-state index contributed by atoms with van der Waals surface area (Å²) in [5.74, 6) is -0.222. The van der Waals surface area contributed by atoms with Crippen molar-refractivity contribution in [1.82, 2.24) is 14.1 Å². The Balaban J connectivity index is 2.01. The monoisotopic (exact) mass is 355 g/mol. The maximum Gasteiger partial charge on any atom is 0.333 e. The Kier molecular flexibility index (Phi) is 3.96. The van der Waals surface area contributed by atoms with E-state index in [0.717, 1.165) is 29.6 Å². The molecule has 0 saturated heterocycles. The van der Waals surface area contributed by atoms with Gasteiger partial charge in [-0.25, -0.2) is 4.79 Å². The van der Waals surface area contributed by atoms with E-state index in [1.807, 2.05) is 18.2 Å². The molecule has 3 aromatic rings. The van der Waals surface area contributed by atoms with Gasteiger partial charge in [0, 0.05) is 30.4 Å². The smallest absolute Gasteiger partial charge is 0.333 e. The first kappa shape index (κ1) is 16.7. The highest BCUT2D eigenvalue weighted by Crippen LogP contribution is 2.31. The van der Waals surface area contributed by atoms with Gasteiger partial charge in [-0.15, -0.1) is 0 Å². The molecule has 7 nitrogen and oxygen atoms in total. The number of para-hydroxylation sites is 1. The lowest BCUT2D eigenvalue weighted by Gasteiger charge is -2.23. The third-order valence-electron chi connectivity index (χ3n) is 5.33. The molecule has 0 saturated carbocycles. The van der Waals surface area contributed by atoms with Gasteiger partial charge in [0.1, 0.15) is 5.56 Å². The second-order valence-electron chi connectivity index (χ2n) is 6.63. The van der Waals surface area contributed by atoms with Gasteiger partial charge in [0.05, 0.1) is 12.2 Å². The zero-order valence-corrected chi connectivity index (χ0v) is 15.0. The van der Waals surface area contributed by atoms with Gasteiger partial charge in [0.15, 0.2) is 6.04 Å². The third-order valence-corrected chi connectivity index (χ3v) is 5.33. The van der Waals surface area contributed by atoms with Crippen molar-refractivity contribution in [2.75, 3.05) is 6.54 Å². The third kappa shape index (κ3) is 2.24. The molecule has 0 radical (unpaired) electrons. The van der Waals surface area contributed by atoms with Crippen molar-refractivity contribution >= 4 is 10.9 Å². The summed E-state index contributed by atoms with van der Waals surface area (Å²) in [5, 5.41) is 13.9. The molecule has 3 heterocycles. The number of nitrogens with two attached hydrogens (primary N) is 1. The molecule has 0 amide bonds. The van der Waals surface area contributed by atoms with Gasteiger partial charge < -0.3 is 15.4 Å². The van der Waals surface area contributed by atoms with Gasteiger partial charge in [-0.2, -0.15) is 0 Å². The van der Waals surface area contributed by atoms with Crippen LogP contribution < -0.4 is 16.6 Å². The van der Waals surface area contributed by atoms with E-state index in [1.54, 1.807) is 13.8 Å². The maximum absolute atomic E-state index is 13.0. The van der Waals surface area contributed by atoms with Crippen LogP contribution in [0.1, 0.15) is 36.7 Å². The molecule has 26 heavy (non-hydrogen) atoms. The van der Waals surface area contributed by atoms with E-state index in [9.17, 15) is 14.7 Å². The molecule has 0 aliphatic carbocycles. The summed E-state index contributed by atoms with van der Waals surface area (Å²) in [5.41, 5.74) is 2.55. The SMILES string of the molecule is CCn1c(O)c([C@@H]2[NH2+]CCc3c2[nH]c2ccccc32)c(=O)n(CC)c1=O. The Morgan fingerprint density at radius 1 is 1.19 bits per heavy atom. The highest BCUT2D eigenvalue weighted by molar-refractivity contribution is 5.85. The second-order valence-corrected chi connectivity index (χ2v) is 6.63. The van der Waals surface area contributed by atoms with E-state index in [0.29, 0.717) is 6.54 Å². The van der Waals surface area contributed by atoms with E-state index in [-0.39, 0.29) is 24.0 Å². The van der Waals surface area contributed by atoms with Crippen LogP contribution >= 0.6 is 0 Å². The molecule has 7 heteroatoms. The van der Waals surface area contributed by atoms with Crippen molar-refractivity contribution in [3.8, 4) is 5.88 Å². The van der Waals surface area contributed by atoms with Crippen molar-refractivity contribution in [3.05, 3.63) is 61.9 Å². The Hall–Kier alpha value is -2.80.